The minimum absolute atomic E-state index is 0.0135. The first-order valence-electron chi connectivity index (χ1n) is 37.5. The van der Waals surface area contributed by atoms with E-state index in [4.69, 9.17) is 46.9 Å². The highest BCUT2D eigenvalue weighted by Gasteiger charge is 2.48. The second-order valence-electron chi connectivity index (χ2n) is 29.5. The monoisotopic (exact) mass is 1620 g/mol. The predicted molar refractivity (Wildman–Crippen MR) is 414 cm³/mol. The Kier molecular flexibility index (Phi) is 26.1. The molecular formula is C81H90Cl2N10O22. The van der Waals surface area contributed by atoms with Crippen LogP contribution in [-0.4, -0.2) is 182 Å². The Hall–Kier alpha value is -11.2. The Labute approximate surface area is 669 Å². The van der Waals surface area contributed by atoms with Crippen molar-refractivity contribution in [3.05, 3.63) is 164 Å². The Morgan fingerprint density at radius 1 is 0.591 bits per heavy atom. The maximum absolute atomic E-state index is 16.5. The standard InChI is InChI=1S/C81H90Cl2N10O22/c1-37(2)12-9-7-6-8-10-13-60(100)87-69-72(103)71(102)59(36-94)114-81(69)115-73-57-30-42-31-58(73)113-55-23-18-41(28-49(55)82)70(101)68-80(110)91-66(75(105)85-24-11-25-93(4)5)47-32-43(95)33-53(98)61(47)46-27-39(16-21-51(46)96)64(77(107)92-68)88-78(108)65(42)89-79(109)67-48-34-45(35-54(99)62(48)83)112-56-29-40(17-22-52(56)97)63(84-3)76(106)86-50(74(104)90-67)26-38-14-19-44(111-57)20-15-38/h14-23,27-35,37,50,59,63-72,81,84,94-99,101-103H,6-13,24-26,36H2,1-5H3,(H,85,105)(H,86,106)(H,87,100)(H,88,108)(H,89,109)(H,90,104)(H,91,110)(H,92,107)/t50-,59-,63-,64-,65-,66-,67+,68+,69-,70-,71-,72-,81+/m1/s1. The van der Waals surface area contributed by atoms with Gasteiger partial charge in [-0.25, -0.2) is 0 Å². The van der Waals surface area contributed by atoms with Crippen LogP contribution in [0.15, 0.2) is 115 Å². The number of aliphatic hydroxyl groups is 4. The number of aromatic hydroxyl groups is 5. The lowest BCUT2D eigenvalue weighted by atomic mass is 9.89. The number of hydrogen-bond donors (Lipinski definition) is 18. The highest BCUT2D eigenvalue weighted by atomic mass is 35.5. The number of fused-ring (bicyclic) bond motifs is 14. The van der Waals surface area contributed by atoms with Gasteiger partial charge in [0, 0.05) is 48.2 Å². The molecule has 0 unspecified atom stereocenters. The van der Waals surface area contributed by atoms with Crippen molar-refractivity contribution in [2.45, 2.75) is 151 Å². The third-order valence-electron chi connectivity index (χ3n) is 20.4. The number of nitrogens with one attached hydrogen (secondary N) is 9. The van der Waals surface area contributed by atoms with E-state index in [1.807, 2.05) is 4.90 Å². The van der Waals surface area contributed by atoms with Crippen molar-refractivity contribution < 1.29 is 108 Å². The van der Waals surface area contributed by atoms with E-state index in [9.17, 15) is 60.3 Å². The molecule has 1 fully saturated rings. The molecule has 18 N–H and O–H groups in total. The molecule has 32 nitrogen and oxygen atoms in total. The zero-order valence-electron chi connectivity index (χ0n) is 63.1. The minimum atomic E-state index is -2.32. The van der Waals surface area contributed by atoms with E-state index in [0.29, 0.717) is 37.3 Å². The number of rotatable bonds is 18. The molecule has 7 aliphatic rings. The summed E-state index contributed by atoms with van der Waals surface area (Å²) in [6.07, 6.45) is -4.57. The highest BCUT2D eigenvalue weighted by molar-refractivity contribution is 6.33. The average Bonchev–Trinajstić information content (AvgIpc) is 0.772. The molecule has 7 heterocycles. The number of hydrogen-bond acceptors (Lipinski definition) is 24. The third kappa shape index (κ3) is 18.9. The van der Waals surface area contributed by atoms with Crippen molar-refractivity contribution in [3.8, 4) is 80.1 Å². The quantitative estimate of drug-likeness (QED) is 0.0424. The van der Waals surface area contributed by atoms with Gasteiger partial charge in [-0.05, 0) is 153 Å². The van der Waals surface area contributed by atoms with Crippen LogP contribution in [0.25, 0.3) is 11.1 Å². The van der Waals surface area contributed by atoms with E-state index in [1.54, 1.807) is 14.1 Å². The van der Waals surface area contributed by atoms with Gasteiger partial charge >= 0.3 is 0 Å². The molecule has 13 atom stereocenters. The summed E-state index contributed by atoms with van der Waals surface area (Å²) in [5.74, 6) is -14.0. The maximum Gasteiger partial charge on any atom is 0.248 e. The van der Waals surface area contributed by atoms with Gasteiger partial charge < -0.3 is 122 Å². The Morgan fingerprint density at radius 2 is 1.24 bits per heavy atom. The van der Waals surface area contributed by atoms with Crippen LogP contribution in [-0.2, 0) is 49.5 Å². The van der Waals surface area contributed by atoms with Crippen LogP contribution in [0, 0.1) is 5.92 Å². The summed E-state index contributed by atoms with van der Waals surface area (Å²) in [7, 11) is 5.06. The van der Waals surface area contributed by atoms with E-state index in [0.717, 1.165) is 86.3 Å². The number of aliphatic hydroxyl groups excluding tert-OH is 4. The number of likely N-dealkylation sites (N-methyl/N-ethyl adjacent to an activating group) is 1. The Morgan fingerprint density at radius 3 is 1.96 bits per heavy atom. The van der Waals surface area contributed by atoms with Crippen molar-refractivity contribution in [2.24, 2.45) is 5.92 Å². The number of phenolic OH excluding ortho intramolecular Hbond substituents is 5. The van der Waals surface area contributed by atoms with Gasteiger partial charge in [0.1, 0.15) is 113 Å². The second kappa shape index (κ2) is 36.1. The van der Waals surface area contributed by atoms with Gasteiger partial charge in [-0.1, -0.05) is 99.5 Å². The van der Waals surface area contributed by atoms with E-state index in [1.165, 1.54) is 61.6 Å². The van der Waals surface area contributed by atoms with Gasteiger partial charge in [-0.2, -0.15) is 0 Å². The first-order chi connectivity index (χ1) is 54.9. The molecule has 0 spiro atoms. The fraction of sp³-hybridized carbons (Fsp3) is 0.383. The lowest BCUT2D eigenvalue weighted by Gasteiger charge is -2.42. The van der Waals surface area contributed by atoms with Crippen molar-refractivity contribution >= 4 is 70.5 Å². The lowest BCUT2D eigenvalue weighted by Crippen LogP contribution is -2.65. The van der Waals surface area contributed by atoms with E-state index >= 15 is 24.0 Å². The molecule has 17 bridgehead atoms. The number of ether oxygens (including phenoxy) is 5. The highest BCUT2D eigenvalue weighted by Crippen LogP contribution is 2.50. The molecular weight excluding hydrogens is 1540 g/mol. The summed E-state index contributed by atoms with van der Waals surface area (Å²) in [6.45, 7) is 3.86. The van der Waals surface area contributed by atoms with E-state index < -0.39 is 195 Å². The molecule has 0 aromatic heterocycles. The van der Waals surface area contributed by atoms with Gasteiger partial charge in [0.25, 0.3) is 0 Å². The molecule has 34 heteroatoms. The second-order valence-corrected chi connectivity index (χ2v) is 30.3. The van der Waals surface area contributed by atoms with E-state index in [2.05, 4.69) is 61.7 Å². The fourth-order valence-corrected chi connectivity index (χ4v) is 14.8. The van der Waals surface area contributed by atoms with Gasteiger partial charge in [-0.3, -0.25) is 38.4 Å². The zero-order valence-corrected chi connectivity index (χ0v) is 64.6. The molecule has 1 saturated heterocycles. The fourth-order valence-electron chi connectivity index (χ4n) is 14.4. The third-order valence-corrected chi connectivity index (χ3v) is 21.2. The summed E-state index contributed by atoms with van der Waals surface area (Å²) in [6, 6.07) is 7.80. The van der Waals surface area contributed by atoms with Crippen LogP contribution >= 0.6 is 23.2 Å². The number of carbonyl (C=O) groups excluding carboxylic acids is 8. The van der Waals surface area contributed by atoms with Gasteiger partial charge in [0.2, 0.25) is 59.3 Å². The number of amides is 8. The first kappa shape index (κ1) is 83.2. The molecule has 7 aromatic rings. The molecule has 7 aliphatic heterocycles. The molecule has 0 radical (unpaired) electrons. The van der Waals surface area contributed by atoms with Crippen molar-refractivity contribution in [3.63, 3.8) is 0 Å². The smallest absolute Gasteiger partial charge is 0.248 e. The number of halogens is 2. The van der Waals surface area contributed by atoms with Crippen molar-refractivity contribution in [1.29, 1.82) is 0 Å². The topological polar surface area (TPSA) is 476 Å². The van der Waals surface area contributed by atoms with Gasteiger partial charge in [0.15, 0.2) is 23.0 Å². The summed E-state index contributed by atoms with van der Waals surface area (Å²) in [4.78, 5) is 125. The van der Waals surface area contributed by atoms with Crippen LogP contribution in [0.2, 0.25) is 10.0 Å². The zero-order chi connectivity index (χ0) is 82.4. The summed E-state index contributed by atoms with van der Waals surface area (Å²) in [5.41, 5.74) is -1.83. The number of phenols is 5. The number of carbonyl (C=O) groups is 8. The molecule has 0 saturated carbocycles. The Bertz CT molecular complexity index is 4860. The lowest BCUT2D eigenvalue weighted by molar-refractivity contribution is -0.244. The number of nitrogens with zero attached hydrogens (tertiary/aromatic N) is 1. The normalized spacial score (nSPS) is 23.4. The van der Waals surface area contributed by atoms with Crippen LogP contribution in [0.1, 0.15) is 140 Å². The number of benzene rings is 7. The van der Waals surface area contributed by atoms with Crippen LogP contribution < -0.4 is 66.8 Å². The van der Waals surface area contributed by atoms with Crippen LogP contribution in [0.3, 0.4) is 0 Å². The van der Waals surface area contributed by atoms with Gasteiger partial charge in [0.05, 0.1) is 16.7 Å². The molecule has 8 amide bonds. The van der Waals surface area contributed by atoms with Crippen LogP contribution in [0.5, 0.6) is 69.0 Å². The SMILES string of the molecule is CN[C@H]1C(=O)N[C@@H]2Cc3ccc(cc3)Oc3cc4cc(c3O[C@@H]3O[C@H](CO)[C@@H](O)[C@H](O)[C@H]3NC(=O)CCCCCCCC(C)C)Oc3ccc(cc3Cl)[C@@H](O)[C@@H]3NC(=O)[C@H](NC(=O)[C@@H]4NC(=O)[C@@H](NC2=O)c2cc(cc(O)c2Cl)Oc2cc1ccc2O)c1ccc(O)c(c1)-c1c(O)cc(O)cc1[C@H](C(=O)NCCCN(C)C)NC3=O. The maximum atomic E-state index is 16.5. The Balaban J connectivity index is 1.08. The number of unbranched alkanes of at least 4 members (excludes halogenated alkanes) is 4. The molecule has 115 heavy (non-hydrogen) atoms. The van der Waals surface area contributed by atoms with E-state index in [-0.39, 0.29) is 80.8 Å². The average molecular weight is 1630 g/mol. The van der Waals surface area contributed by atoms with Crippen molar-refractivity contribution in [1.82, 2.24) is 52.8 Å². The summed E-state index contributed by atoms with van der Waals surface area (Å²) < 4.78 is 32.8. The van der Waals surface area contributed by atoms with Gasteiger partial charge in [-0.15, -0.1) is 0 Å². The summed E-state index contributed by atoms with van der Waals surface area (Å²) >= 11 is 14.2. The first-order valence-corrected chi connectivity index (χ1v) is 38.2. The van der Waals surface area contributed by atoms with Crippen molar-refractivity contribution in [2.75, 3.05) is 40.8 Å². The summed E-state index contributed by atoms with van der Waals surface area (Å²) in [5, 5.41) is 128. The molecule has 610 valence electrons. The largest absolute Gasteiger partial charge is 0.508 e. The predicted octanol–water partition coefficient (Wildman–Crippen LogP) is 6.21. The van der Waals surface area contributed by atoms with Crippen LogP contribution in [0.4, 0.5) is 0 Å². The molecule has 7 aromatic carbocycles. The molecule has 14 rings (SSSR count). The molecule has 0 aliphatic carbocycles. The minimum Gasteiger partial charge on any atom is -0.508 e.